The standard InChI is InChI=1S/C21H17Cl2FN2O3S/c1-14-2-7-17(8-3-14)26(30(28,29)18-9-5-16(24)6-10-18)13-21(27)25-20-11-4-15(22)12-19(20)23/h2-12H,13H2,1H3,(H,25,27). The van der Waals surface area contributed by atoms with E-state index in [2.05, 4.69) is 5.32 Å². The highest BCUT2D eigenvalue weighted by Crippen LogP contribution is 2.27. The average molecular weight is 467 g/mol. The summed E-state index contributed by atoms with van der Waals surface area (Å²) < 4.78 is 40.6. The molecule has 0 radical (unpaired) electrons. The molecule has 0 saturated heterocycles. The van der Waals surface area contributed by atoms with Gasteiger partial charge in [0.1, 0.15) is 12.4 Å². The van der Waals surface area contributed by atoms with Gasteiger partial charge in [0.05, 0.1) is 21.3 Å². The maximum absolute atomic E-state index is 13.3. The monoisotopic (exact) mass is 466 g/mol. The van der Waals surface area contributed by atoms with Gasteiger partial charge in [-0.1, -0.05) is 40.9 Å². The molecule has 0 unspecified atom stereocenters. The number of hydrogen-bond acceptors (Lipinski definition) is 3. The average Bonchev–Trinajstić information content (AvgIpc) is 2.69. The number of halogens is 3. The summed E-state index contributed by atoms with van der Waals surface area (Å²) in [6, 6.07) is 15.6. The van der Waals surface area contributed by atoms with E-state index in [0.29, 0.717) is 16.4 Å². The second-order valence-corrected chi connectivity index (χ2v) is 9.18. The zero-order chi connectivity index (χ0) is 21.9. The summed E-state index contributed by atoms with van der Waals surface area (Å²) in [5.41, 5.74) is 1.52. The molecular formula is C21H17Cl2FN2O3S. The first-order valence-corrected chi connectivity index (χ1v) is 11.0. The largest absolute Gasteiger partial charge is 0.323 e. The van der Waals surface area contributed by atoms with Crippen molar-refractivity contribution in [1.82, 2.24) is 0 Å². The van der Waals surface area contributed by atoms with E-state index in [9.17, 15) is 17.6 Å². The lowest BCUT2D eigenvalue weighted by molar-refractivity contribution is -0.114. The molecule has 0 aliphatic rings. The Morgan fingerprint density at radius 2 is 1.63 bits per heavy atom. The van der Waals surface area contributed by atoms with Crippen molar-refractivity contribution in [3.63, 3.8) is 0 Å². The molecular weight excluding hydrogens is 450 g/mol. The van der Waals surface area contributed by atoms with Crippen LogP contribution in [0.2, 0.25) is 10.0 Å². The summed E-state index contributed by atoms with van der Waals surface area (Å²) in [5, 5.41) is 3.21. The number of aryl methyl sites for hydroxylation is 1. The molecule has 0 fully saturated rings. The van der Waals surface area contributed by atoms with Crippen molar-refractivity contribution in [2.24, 2.45) is 0 Å². The number of benzene rings is 3. The molecule has 3 aromatic carbocycles. The smallest absolute Gasteiger partial charge is 0.264 e. The molecule has 0 aliphatic heterocycles. The predicted molar refractivity (Wildman–Crippen MR) is 117 cm³/mol. The van der Waals surface area contributed by atoms with E-state index in [1.807, 2.05) is 6.92 Å². The van der Waals surface area contributed by atoms with Crippen LogP contribution in [0.25, 0.3) is 0 Å². The van der Waals surface area contributed by atoms with E-state index in [-0.39, 0.29) is 9.92 Å². The number of sulfonamides is 1. The van der Waals surface area contributed by atoms with Crippen molar-refractivity contribution in [3.8, 4) is 0 Å². The Bertz CT molecular complexity index is 1170. The molecule has 3 rings (SSSR count). The first-order valence-electron chi connectivity index (χ1n) is 8.77. The van der Waals surface area contributed by atoms with E-state index in [4.69, 9.17) is 23.2 Å². The van der Waals surface area contributed by atoms with Gasteiger partial charge in [-0.3, -0.25) is 9.10 Å². The lowest BCUT2D eigenvalue weighted by Gasteiger charge is -2.24. The van der Waals surface area contributed by atoms with Crippen molar-refractivity contribution in [2.45, 2.75) is 11.8 Å². The highest BCUT2D eigenvalue weighted by molar-refractivity contribution is 7.92. The maximum Gasteiger partial charge on any atom is 0.264 e. The molecule has 0 bridgehead atoms. The second-order valence-electron chi connectivity index (χ2n) is 6.47. The zero-order valence-corrected chi connectivity index (χ0v) is 18.1. The van der Waals surface area contributed by atoms with Crippen LogP contribution in [-0.2, 0) is 14.8 Å². The number of hydrogen-bond donors (Lipinski definition) is 1. The van der Waals surface area contributed by atoms with E-state index in [1.54, 1.807) is 30.3 Å². The molecule has 5 nitrogen and oxygen atoms in total. The number of carbonyl (C=O) groups is 1. The molecule has 0 atom stereocenters. The lowest BCUT2D eigenvalue weighted by atomic mass is 10.2. The van der Waals surface area contributed by atoms with Gasteiger partial charge in [0.25, 0.3) is 10.0 Å². The Morgan fingerprint density at radius 3 is 2.23 bits per heavy atom. The minimum Gasteiger partial charge on any atom is -0.323 e. The number of nitrogens with one attached hydrogen (secondary N) is 1. The van der Waals surface area contributed by atoms with Crippen LogP contribution in [0.4, 0.5) is 15.8 Å². The Morgan fingerprint density at radius 1 is 1.00 bits per heavy atom. The molecule has 0 saturated carbocycles. The Labute approximate surface area is 184 Å². The third-order valence-corrected chi connectivity index (χ3v) is 6.55. The third-order valence-electron chi connectivity index (χ3n) is 4.22. The molecule has 30 heavy (non-hydrogen) atoms. The normalized spacial score (nSPS) is 11.2. The quantitative estimate of drug-likeness (QED) is 0.537. The highest BCUT2D eigenvalue weighted by atomic mass is 35.5. The van der Waals surface area contributed by atoms with E-state index >= 15 is 0 Å². The van der Waals surface area contributed by atoms with Crippen molar-refractivity contribution in [1.29, 1.82) is 0 Å². The molecule has 1 N–H and O–H groups in total. The first-order chi connectivity index (χ1) is 14.2. The summed E-state index contributed by atoms with van der Waals surface area (Å²) in [4.78, 5) is 12.5. The summed E-state index contributed by atoms with van der Waals surface area (Å²) in [7, 11) is -4.14. The maximum atomic E-state index is 13.3. The van der Waals surface area contributed by atoms with Crippen LogP contribution in [0.15, 0.2) is 71.6 Å². The molecule has 0 aromatic heterocycles. The molecule has 1 amide bonds. The lowest BCUT2D eigenvalue weighted by Crippen LogP contribution is -2.38. The van der Waals surface area contributed by atoms with Gasteiger partial charge in [0.15, 0.2) is 0 Å². The van der Waals surface area contributed by atoms with Gasteiger partial charge < -0.3 is 5.32 Å². The van der Waals surface area contributed by atoms with E-state index in [0.717, 1.165) is 34.1 Å². The van der Waals surface area contributed by atoms with Crippen molar-refractivity contribution in [2.75, 3.05) is 16.2 Å². The molecule has 0 heterocycles. The number of nitrogens with zero attached hydrogens (tertiary/aromatic N) is 1. The Balaban J connectivity index is 1.94. The topological polar surface area (TPSA) is 66.5 Å². The number of amides is 1. The Hall–Kier alpha value is -2.61. The van der Waals surface area contributed by atoms with Crippen LogP contribution < -0.4 is 9.62 Å². The fraction of sp³-hybridized carbons (Fsp3) is 0.0952. The summed E-state index contributed by atoms with van der Waals surface area (Å²) in [5.74, 6) is -1.17. The van der Waals surface area contributed by atoms with Gasteiger partial charge in [0.2, 0.25) is 5.91 Å². The SMILES string of the molecule is Cc1ccc(N(CC(=O)Nc2ccc(Cl)cc2Cl)S(=O)(=O)c2ccc(F)cc2)cc1. The summed E-state index contributed by atoms with van der Waals surface area (Å²) >= 11 is 11.9. The van der Waals surface area contributed by atoms with Gasteiger partial charge in [-0.05, 0) is 61.5 Å². The van der Waals surface area contributed by atoms with Crippen molar-refractivity contribution in [3.05, 3.63) is 88.2 Å². The highest BCUT2D eigenvalue weighted by Gasteiger charge is 2.27. The Kier molecular flexibility index (Phi) is 6.65. The summed E-state index contributed by atoms with van der Waals surface area (Å²) in [6.45, 7) is 1.35. The van der Waals surface area contributed by atoms with Gasteiger partial charge in [0, 0.05) is 5.02 Å². The van der Waals surface area contributed by atoms with Gasteiger partial charge in [-0.2, -0.15) is 0 Å². The molecule has 156 valence electrons. The van der Waals surface area contributed by atoms with Crippen LogP contribution in [-0.4, -0.2) is 20.9 Å². The first kappa shape index (κ1) is 22.1. The van der Waals surface area contributed by atoms with E-state index < -0.39 is 28.3 Å². The number of rotatable bonds is 6. The fourth-order valence-electron chi connectivity index (χ4n) is 2.67. The third kappa shape index (κ3) is 5.11. The predicted octanol–water partition coefficient (Wildman–Crippen LogP) is 5.27. The van der Waals surface area contributed by atoms with E-state index in [1.165, 1.54) is 12.1 Å². The van der Waals surface area contributed by atoms with Gasteiger partial charge >= 0.3 is 0 Å². The van der Waals surface area contributed by atoms with Crippen molar-refractivity contribution >= 4 is 50.5 Å². The van der Waals surface area contributed by atoms with Crippen LogP contribution in [0, 0.1) is 12.7 Å². The number of carbonyl (C=O) groups excluding carboxylic acids is 1. The van der Waals surface area contributed by atoms with Gasteiger partial charge in [-0.25, -0.2) is 12.8 Å². The van der Waals surface area contributed by atoms with Crippen molar-refractivity contribution < 1.29 is 17.6 Å². The zero-order valence-electron chi connectivity index (χ0n) is 15.8. The summed E-state index contributed by atoms with van der Waals surface area (Å²) in [6.07, 6.45) is 0. The molecule has 3 aromatic rings. The molecule has 0 aliphatic carbocycles. The minimum atomic E-state index is -4.14. The number of anilines is 2. The second kappa shape index (κ2) is 9.04. The van der Waals surface area contributed by atoms with Crippen LogP contribution >= 0.6 is 23.2 Å². The van der Waals surface area contributed by atoms with Crippen LogP contribution in [0.1, 0.15) is 5.56 Å². The molecule has 0 spiro atoms. The molecule has 9 heteroatoms. The fourth-order valence-corrected chi connectivity index (χ4v) is 4.55. The minimum absolute atomic E-state index is 0.137. The van der Waals surface area contributed by atoms with Gasteiger partial charge in [-0.15, -0.1) is 0 Å². The van der Waals surface area contributed by atoms with Crippen LogP contribution in [0.5, 0.6) is 0 Å². The van der Waals surface area contributed by atoms with Crippen LogP contribution in [0.3, 0.4) is 0 Å².